The number of aliphatic hydroxyl groups excluding tert-OH is 1. The minimum absolute atomic E-state index is 0.00992. The first kappa shape index (κ1) is 21.3. The number of halogens is 1. The van der Waals surface area contributed by atoms with Gasteiger partial charge in [0.05, 0.1) is 5.57 Å². The van der Waals surface area contributed by atoms with E-state index in [1.54, 1.807) is 36.4 Å². The van der Waals surface area contributed by atoms with Crippen LogP contribution in [0.25, 0.3) is 11.0 Å². The molecule has 1 aliphatic rings. The van der Waals surface area contributed by atoms with Gasteiger partial charge in [-0.15, -0.1) is 11.3 Å². The Balaban J connectivity index is 1.60. The molecular formula is C25H19ClN2O4S. The van der Waals surface area contributed by atoms with E-state index >= 15 is 0 Å². The number of rotatable bonds is 5. The van der Waals surface area contributed by atoms with Gasteiger partial charge in [0.2, 0.25) is 5.78 Å². The number of carbonyl (C=O) groups excluding carboxylic acids is 2. The predicted molar refractivity (Wildman–Crippen MR) is 131 cm³/mol. The van der Waals surface area contributed by atoms with Crippen molar-refractivity contribution in [1.82, 2.24) is 0 Å². The lowest BCUT2D eigenvalue weighted by molar-refractivity contribution is -0.117. The number of anilines is 2. The Morgan fingerprint density at radius 3 is 2.55 bits per heavy atom. The van der Waals surface area contributed by atoms with Gasteiger partial charge in [-0.1, -0.05) is 17.7 Å². The topological polar surface area (TPSA) is 74.0 Å². The molecule has 0 bridgehead atoms. The Kier molecular flexibility index (Phi) is 5.23. The molecule has 4 aromatic rings. The Morgan fingerprint density at radius 1 is 1.12 bits per heavy atom. The van der Waals surface area contributed by atoms with Gasteiger partial charge in [-0.3, -0.25) is 14.5 Å². The van der Waals surface area contributed by atoms with Gasteiger partial charge in [0, 0.05) is 40.8 Å². The number of hydrogen-bond acceptors (Lipinski definition) is 6. The number of amides is 1. The lowest BCUT2D eigenvalue weighted by Gasteiger charge is -2.26. The summed E-state index contributed by atoms with van der Waals surface area (Å²) in [7, 11) is 3.85. The van der Waals surface area contributed by atoms with Gasteiger partial charge in [-0.25, -0.2) is 0 Å². The summed E-state index contributed by atoms with van der Waals surface area (Å²) in [4.78, 5) is 30.9. The summed E-state index contributed by atoms with van der Waals surface area (Å²) in [5, 5.41) is 13.9. The molecule has 0 aliphatic carbocycles. The highest BCUT2D eigenvalue weighted by Crippen LogP contribution is 2.44. The first-order valence-corrected chi connectivity index (χ1v) is 11.4. The quantitative estimate of drug-likeness (QED) is 0.356. The number of Topliss-reactive ketones (excluding diaryl/α,β-unsaturated/α-hetero) is 1. The molecule has 0 saturated heterocycles. The first-order chi connectivity index (χ1) is 15.8. The van der Waals surface area contributed by atoms with E-state index in [0.717, 1.165) is 10.6 Å². The molecule has 166 valence electrons. The summed E-state index contributed by atoms with van der Waals surface area (Å²) in [6, 6.07) is 16.9. The van der Waals surface area contributed by atoms with Gasteiger partial charge in [-0.05, 0) is 60.0 Å². The van der Waals surface area contributed by atoms with Crippen LogP contribution in [-0.4, -0.2) is 30.9 Å². The smallest absolute Gasteiger partial charge is 0.294 e. The highest BCUT2D eigenvalue weighted by molar-refractivity contribution is 7.10. The molecule has 33 heavy (non-hydrogen) atoms. The standard InChI is InChI=1S/C25H19ClN2O4S/c1-27(2)16-6-8-17(9-7-16)28-22(20-4-3-11-33-20)21(24(30)25(28)31)23(29)19-13-14-12-15(26)5-10-18(14)32-19/h3-13,22,30H,1-2H3. The summed E-state index contributed by atoms with van der Waals surface area (Å²) in [5.41, 5.74) is 2.03. The number of nitrogens with zero attached hydrogens (tertiary/aromatic N) is 2. The Labute approximate surface area is 198 Å². The second-order valence-electron chi connectivity index (χ2n) is 7.89. The Bertz CT molecular complexity index is 1400. The molecule has 1 unspecified atom stereocenters. The average molecular weight is 479 g/mol. The predicted octanol–water partition coefficient (Wildman–Crippen LogP) is 6.00. The summed E-state index contributed by atoms with van der Waals surface area (Å²) in [6.45, 7) is 0. The molecule has 0 saturated carbocycles. The number of benzene rings is 2. The van der Waals surface area contributed by atoms with Crippen molar-refractivity contribution in [3.63, 3.8) is 0 Å². The average Bonchev–Trinajstić information content (AvgIpc) is 3.52. The summed E-state index contributed by atoms with van der Waals surface area (Å²) < 4.78 is 5.74. The minimum Gasteiger partial charge on any atom is -0.503 e. The number of carbonyl (C=O) groups is 2. The van der Waals surface area contributed by atoms with E-state index in [4.69, 9.17) is 16.0 Å². The van der Waals surface area contributed by atoms with E-state index < -0.39 is 23.5 Å². The number of fused-ring (bicyclic) bond motifs is 1. The molecule has 1 amide bonds. The van der Waals surface area contributed by atoms with Crippen molar-refractivity contribution in [2.75, 3.05) is 23.9 Å². The van der Waals surface area contributed by atoms with Crippen LogP contribution in [0.1, 0.15) is 21.5 Å². The summed E-state index contributed by atoms with van der Waals surface area (Å²) in [6.07, 6.45) is 0. The van der Waals surface area contributed by atoms with E-state index in [1.165, 1.54) is 16.2 Å². The van der Waals surface area contributed by atoms with Crippen molar-refractivity contribution in [1.29, 1.82) is 0 Å². The number of ketones is 1. The highest BCUT2D eigenvalue weighted by Gasteiger charge is 2.45. The van der Waals surface area contributed by atoms with Crippen molar-refractivity contribution in [2.45, 2.75) is 6.04 Å². The van der Waals surface area contributed by atoms with E-state index in [2.05, 4.69) is 0 Å². The fourth-order valence-corrected chi connectivity index (χ4v) is 4.99. The zero-order valence-electron chi connectivity index (χ0n) is 17.8. The van der Waals surface area contributed by atoms with Gasteiger partial charge < -0.3 is 14.4 Å². The van der Waals surface area contributed by atoms with Crippen LogP contribution in [0.4, 0.5) is 11.4 Å². The lowest BCUT2D eigenvalue weighted by atomic mass is 10.00. The van der Waals surface area contributed by atoms with Crippen molar-refractivity contribution in [2.24, 2.45) is 0 Å². The normalized spacial score (nSPS) is 16.2. The molecule has 3 heterocycles. The highest BCUT2D eigenvalue weighted by atomic mass is 35.5. The zero-order valence-corrected chi connectivity index (χ0v) is 19.4. The molecule has 2 aromatic carbocycles. The van der Waals surface area contributed by atoms with Crippen molar-refractivity contribution in [3.05, 3.63) is 93.0 Å². The molecule has 8 heteroatoms. The van der Waals surface area contributed by atoms with E-state index in [-0.39, 0.29) is 11.3 Å². The van der Waals surface area contributed by atoms with Crippen LogP contribution < -0.4 is 9.80 Å². The van der Waals surface area contributed by atoms with Crippen LogP contribution >= 0.6 is 22.9 Å². The van der Waals surface area contributed by atoms with Crippen molar-refractivity contribution in [3.8, 4) is 0 Å². The lowest BCUT2D eigenvalue weighted by Crippen LogP contribution is -2.30. The van der Waals surface area contributed by atoms with E-state index in [1.807, 2.05) is 48.6 Å². The van der Waals surface area contributed by atoms with E-state index in [0.29, 0.717) is 21.7 Å². The molecule has 1 aliphatic heterocycles. The van der Waals surface area contributed by atoms with Crippen LogP contribution in [0.15, 0.2) is 81.8 Å². The third kappa shape index (κ3) is 3.59. The molecule has 1 atom stereocenters. The molecule has 2 aromatic heterocycles. The Hall–Kier alpha value is -3.55. The van der Waals surface area contributed by atoms with Crippen LogP contribution in [-0.2, 0) is 4.79 Å². The van der Waals surface area contributed by atoms with Crippen molar-refractivity contribution < 1.29 is 19.1 Å². The van der Waals surface area contributed by atoms with Crippen LogP contribution in [0.3, 0.4) is 0 Å². The molecular weight excluding hydrogens is 460 g/mol. The largest absolute Gasteiger partial charge is 0.503 e. The maximum absolute atomic E-state index is 13.6. The second-order valence-corrected chi connectivity index (χ2v) is 9.30. The SMILES string of the molecule is CN(C)c1ccc(N2C(=O)C(O)=C(C(=O)c3cc4cc(Cl)ccc4o3)C2c2cccs2)cc1. The zero-order chi connectivity index (χ0) is 23.3. The number of thiophene rings is 1. The molecule has 0 fully saturated rings. The Morgan fingerprint density at radius 2 is 1.88 bits per heavy atom. The van der Waals surface area contributed by atoms with Gasteiger partial charge in [-0.2, -0.15) is 0 Å². The van der Waals surface area contributed by atoms with Gasteiger partial charge in [0.25, 0.3) is 5.91 Å². The third-order valence-corrected chi connectivity index (χ3v) is 6.77. The first-order valence-electron chi connectivity index (χ1n) is 10.2. The van der Waals surface area contributed by atoms with Gasteiger partial charge >= 0.3 is 0 Å². The fraction of sp³-hybridized carbons (Fsp3) is 0.120. The molecule has 1 N–H and O–H groups in total. The molecule has 6 nitrogen and oxygen atoms in total. The monoisotopic (exact) mass is 478 g/mol. The summed E-state index contributed by atoms with van der Waals surface area (Å²) >= 11 is 7.46. The molecule has 0 spiro atoms. The minimum atomic E-state index is -0.771. The number of hydrogen-bond donors (Lipinski definition) is 1. The molecule has 0 radical (unpaired) electrons. The fourth-order valence-electron chi connectivity index (χ4n) is 3.99. The maximum atomic E-state index is 13.6. The number of aliphatic hydroxyl groups is 1. The maximum Gasteiger partial charge on any atom is 0.294 e. The third-order valence-electron chi connectivity index (χ3n) is 5.61. The van der Waals surface area contributed by atoms with Crippen LogP contribution in [0.2, 0.25) is 5.02 Å². The summed E-state index contributed by atoms with van der Waals surface area (Å²) in [5.74, 6) is -1.71. The van der Waals surface area contributed by atoms with Crippen molar-refractivity contribution >= 4 is 57.0 Å². The van der Waals surface area contributed by atoms with Crippen LogP contribution in [0, 0.1) is 0 Å². The van der Waals surface area contributed by atoms with E-state index in [9.17, 15) is 14.7 Å². The van der Waals surface area contributed by atoms with Gasteiger partial charge in [0.1, 0.15) is 11.6 Å². The second kappa shape index (κ2) is 8.10. The van der Waals surface area contributed by atoms with Crippen LogP contribution in [0.5, 0.6) is 0 Å². The number of furan rings is 1. The van der Waals surface area contributed by atoms with Gasteiger partial charge in [0.15, 0.2) is 11.5 Å². The molecule has 5 rings (SSSR count).